The first-order valence-corrected chi connectivity index (χ1v) is 8.55. The van der Waals surface area contributed by atoms with Crippen molar-refractivity contribution in [3.63, 3.8) is 0 Å². The molecule has 7 nitrogen and oxygen atoms in total. The maximum absolute atomic E-state index is 12.1. The van der Waals surface area contributed by atoms with E-state index in [2.05, 4.69) is 14.8 Å². The quantitative estimate of drug-likeness (QED) is 0.643. The molecule has 0 spiro atoms. The topological polar surface area (TPSA) is 90.9 Å². The molecule has 0 fully saturated rings. The molecule has 9 heteroatoms. The van der Waals surface area contributed by atoms with E-state index in [9.17, 15) is 23.2 Å². The minimum Gasteiger partial charge on any atom is -0.465 e. The summed E-state index contributed by atoms with van der Waals surface area (Å²) in [5.41, 5.74) is 1.29. The maximum Gasteiger partial charge on any atom is 0.387 e. The fraction of sp³-hybridized carbons (Fsp3) is 0.250. The van der Waals surface area contributed by atoms with Crippen LogP contribution in [-0.2, 0) is 20.7 Å². The smallest absolute Gasteiger partial charge is 0.387 e. The molecule has 0 aliphatic carbocycles. The van der Waals surface area contributed by atoms with Gasteiger partial charge in [0, 0.05) is 6.54 Å². The predicted molar refractivity (Wildman–Crippen MR) is 97.9 cm³/mol. The SMILES string of the molecule is COC(=O)c1ccc(C(=O)OCC(=O)NCCc2ccc(OC(F)F)cc2)cc1. The van der Waals surface area contributed by atoms with Crippen molar-refractivity contribution in [3.8, 4) is 5.75 Å². The Morgan fingerprint density at radius 2 is 1.52 bits per heavy atom. The second-order valence-electron chi connectivity index (χ2n) is 5.77. The highest BCUT2D eigenvalue weighted by atomic mass is 19.3. The molecule has 2 rings (SSSR count). The molecule has 0 saturated heterocycles. The number of carbonyl (C=O) groups is 3. The molecule has 1 amide bonds. The van der Waals surface area contributed by atoms with Gasteiger partial charge in [-0.25, -0.2) is 9.59 Å². The van der Waals surface area contributed by atoms with Crippen LogP contribution in [0.15, 0.2) is 48.5 Å². The van der Waals surface area contributed by atoms with Crippen LogP contribution >= 0.6 is 0 Å². The number of benzene rings is 2. The number of esters is 2. The third kappa shape index (κ3) is 7.21. The lowest BCUT2D eigenvalue weighted by molar-refractivity contribution is -0.124. The number of alkyl halides is 2. The summed E-state index contributed by atoms with van der Waals surface area (Å²) < 4.78 is 37.9. The van der Waals surface area contributed by atoms with E-state index in [4.69, 9.17) is 4.74 Å². The Kier molecular flexibility index (Phi) is 8.08. The van der Waals surface area contributed by atoms with E-state index in [-0.39, 0.29) is 23.4 Å². The monoisotopic (exact) mass is 407 g/mol. The van der Waals surface area contributed by atoms with Gasteiger partial charge in [0.1, 0.15) is 5.75 Å². The van der Waals surface area contributed by atoms with Gasteiger partial charge in [0.15, 0.2) is 6.61 Å². The van der Waals surface area contributed by atoms with Crippen molar-refractivity contribution in [2.75, 3.05) is 20.3 Å². The van der Waals surface area contributed by atoms with Crippen molar-refractivity contribution in [2.45, 2.75) is 13.0 Å². The molecule has 1 N–H and O–H groups in total. The molecule has 0 aliphatic rings. The number of rotatable bonds is 9. The van der Waals surface area contributed by atoms with Crippen molar-refractivity contribution in [3.05, 3.63) is 65.2 Å². The van der Waals surface area contributed by atoms with E-state index in [0.717, 1.165) is 5.56 Å². The van der Waals surface area contributed by atoms with Gasteiger partial charge >= 0.3 is 18.6 Å². The number of ether oxygens (including phenoxy) is 3. The fourth-order valence-corrected chi connectivity index (χ4v) is 2.31. The zero-order valence-corrected chi connectivity index (χ0v) is 15.5. The zero-order chi connectivity index (χ0) is 21.2. The lowest BCUT2D eigenvalue weighted by atomic mass is 10.1. The molecule has 2 aromatic rings. The summed E-state index contributed by atoms with van der Waals surface area (Å²) in [4.78, 5) is 35.0. The predicted octanol–water partition coefficient (Wildman–Crippen LogP) is 2.59. The first kappa shape index (κ1) is 21.8. The molecular formula is C20H19F2NO6. The number of methoxy groups -OCH3 is 1. The Morgan fingerprint density at radius 3 is 2.07 bits per heavy atom. The summed E-state index contributed by atoms with van der Waals surface area (Å²) in [5.74, 6) is -1.66. The molecule has 0 aromatic heterocycles. The highest BCUT2D eigenvalue weighted by molar-refractivity contribution is 5.94. The van der Waals surface area contributed by atoms with Crippen molar-refractivity contribution in [1.82, 2.24) is 5.32 Å². The van der Waals surface area contributed by atoms with Gasteiger partial charge in [0.05, 0.1) is 18.2 Å². The summed E-state index contributed by atoms with van der Waals surface area (Å²) in [6.07, 6.45) is 0.462. The van der Waals surface area contributed by atoms with Gasteiger partial charge in [0.25, 0.3) is 5.91 Å². The number of hydrogen-bond donors (Lipinski definition) is 1. The van der Waals surface area contributed by atoms with Crippen LogP contribution in [0.1, 0.15) is 26.3 Å². The average Bonchev–Trinajstić information content (AvgIpc) is 2.72. The Labute approximate surface area is 165 Å². The molecule has 29 heavy (non-hydrogen) atoms. The van der Waals surface area contributed by atoms with Crippen LogP contribution in [0.2, 0.25) is 0 Å². The van der Waals surface area contributed by atoms with E-state index in [1.54, 1.807) is 12.1 Å². The van der Waals surface area contributed by atoms with Gasteiger partial charge < -0.3 is 19.5 Å². The Bertz CT molecular complexity index is 837. The molecule has 0 bridgehead atoms. The summed E-state index contributed by atoms with van der Waals surface area (Å²) in [6, 6.07) is 11.7. The third-order valence-electron chi connectivity index (χ3n) is 3.76. The molecule has 2 aromatic carbocycles. The molecule has 154 valence electrons. The number of carbonyl (C=O) groups excluding carboxylic acids is 3. The van der Waals surface area contributed by atoms with E-state index in [0.29, 0.717) is 6.42 Å². The highest BCUT2D eigenvalue weighted by Crippen LogP contribution is 2.15. The number of halogens is 2. The number of hydrogen-bond acceptors (Lipinski definition) is 6. The molecule has 0 aliphatic heterocycles. The summed E-state index contributed by atoms with van der Waals surface area (Å²) in [5, 5.41) is 2.59. The fourth-order valence-electron chi connectivity index (χ4n) is 2.31. The first-order valence-electron chi connectivity index (χ1n) is 8.55. The third-order valence-corrected chi connectivity index (χ3v) is 3.76. The Morgan fingerprint density at radius 1 is 0.931 bits per heavy atom. The van der Waals surface area contributed by atoms with Crippen LogP contribution in [0.3, 0.4) is 0 Å². The highest BCUT2D eigenvalue weighted by Gasteiger charge is 2.12. The van der Waals surface area contributed by atoms with Crippen LogP contribution < -0.4 is 10.1 Å². The van der Waals surface area contributed by atoms with Gasteiger partial charge in [-0.3, -0.25) is 4.79 Å². The summed E-state index contributed by atoms with van der Waals surface area (Å²) >= 11 is 0. The van der Waals surface area contributed by atoms with Crippen LogP contribution in [0.5, 0.6) is 5.75 Å². The number of nitrogens with one attached hydrogen (secondary N) is 1. The summed E-state index contributed by atoms with van der Waals surface area (Å²) in [7, 11) is 1.25. The van der Waals surface area contributed by atoms with Gasteiger partial charge in [-0.2, -0.15) is 8.78 Å². The lowest BCUT2D eigenvalue weighted by Gasteiger charge is -2.08. The van der Waals surface area contributed by atoms with Gasteiger partial charge in [-0.15, -0.1) is 0 Å². The van der Waals surface area contributed by atoms with Crippen LogP contribution in [0.4, 0.5) is 8.78 Å². The molecule has 0 heterocycles. The van der Waals surface area contributed by atoms with Crippen molar-refractivity contribution in [2.24, 2.45) is 0 Å². The van der Waals surface area contributed by atoms with Crippen molar-refractivity contribution < 1.29 is 37.4 Å². The first-order chi connectivity index (χ1) is 13.9. The van der Waals surface area contributed by atoms with Gasteiger partial charge in [0.2, 0.25) is 0 Å². The normalized spacial score (nSPS) is 10.3. The van der Waals surface area contributed by atoms with E-state index < -0.39 is 31.1 Å². The lowest BCUT2D eigenvalue weighted by Crippen LogP contribution is -2.30. The maximum atomic E-state index is 12.1. The standard InChI is InChI=1S/C20H19F2NO6/c1-27-18(25)14-4-6-15(7-5-14)19(26)28-12-17(24)23-11-10-13-2-8-16(9-3-13)29-20(21)22/h2-9,20H,10-12H2,1H3,(H,23,24). The van der Waals surface area contributed by atoms with E-state index in [1.807, 2.05) is 0 Å². The van der Waals surface area contributed by atoms with E-state index >= 15 is 0 Å². The molecule has 0 unspecified atom stereocenters. The zero-order valence-electron chi connectivity index (χ0n) is 15.5. The molecule has 0 radical (unpaired) electrons. The van der Waals surface area contributed by atoms with Gasteiger partial charge in [-0.05, 0) is 48.4 Å². The van der Waals surface area contributed by atoms with Gasteiger partial charge in [-0.1, -0.05) is 12.1 Å². The van der Waals surface area contributed by atoms with Crippen molar-refractivity contribution in [1.29, 1.82) is 0 Å². The average molecular weight is 407 g/mol. The largest absolute Gasteiger partial charge is 0.465 e. The second kappa shape index (κ2) is 10.7. The minimum absolute atomic E-state index is 0.0549. The Hall–Kier alpha value is -3.49. The molecular weight excluding hydrogens is 388 g/mol. The molecule has 0 saturated carbocycles. The Balaban J connectivity index is 1.71. The number of amides is 1. The van der Waals surface area contributed by atoms with Crippen LogP contribution in [0.25, 0.3) is 0 Å². The van der Waals surface area contributed by atoms with Crippen LogP contribution in [-0.4, -0.2) is 44.7 Å². The minimum atomic E-state index is -2.88. The summed E-state index contributed by atoms with van der Waals surface area (Å²) in [6.45, 7) is -3.06. The second-order valence-corrected chi connectivity index (χ2v) is 5.77. The van der Waals surface area contributed by atoms with E-state index in [1.165, 1.54) is 43.5 Å². The molecule has 0 atom stereocenters. The van der Waals surface area contributed by atoms with Crippen molar-refractivity contribution >= 4 is 17.8 Å². The van der Waals surface area contributed by atoms with Crippen LogP contribution in [0, 0.1) is 0 Å².